The Kier molecular flexibility index (Phi) is 3.84. The Labute approximate surface area is 126 Å². The van der Waals surface area contributed by atoms with Crippen molar-refractivity contribution in [3.05, 3.63) is 16.3 Å². The third kappa shape index (κ3) is 2.69. The van der Waals surface area contributed by atoms with Gasteiger partial charge in [-0.3, -0.25) is 0 Å². The van der Waals surface area contributed by atoms with Gasteiger partial charge in [0.15, 0.2) is 0 Å². The van der Waals surface area contributed by atoms with Gasteiger partial charge in [-0.15, -0.1) is 11.3 Å². The van der Waals surface area contributed by atoms with Gasteiger partial charge in [-0.05, 0) is 31.2 Å². The fraction of sp³-hybridized carbons (Fsp3) is 0.462. The lowest BCUT2D eigenvalue weighted by Gasteiger charge is -2.00. The minimum Gasteiger partial charge on any atom is -0.334 e. The van der Waals surface area contributed by atoms with E-state index in [0.29, 0.717) is 12.0 Å². The van der Waals surface area contributed by atoms with Crippen LogP contribution in [0.2, 0.25) is 0 Å². The van der Waals surface area contributed by atoms with Gasteiger partial charge in [0.05, 0.1) is 5.56 Å². The average Bonchev–Trinajstić information content (AvgIpc) is 2.98. The van der Waals surface area contributed by atoms with Gasteiger partial charge in [-0.25, -0.2) is 4.79 Å². The van der Waals surface area contributed by atoms with Crippen molar-refractivity contribution in [1.82, 2.24) is 10.1 Å². The summed E-state index contributed by atoms with van der Waals surface area (Å²) in [4.78, 5) is 18.6. The molecule has 3 rings (SSSR count). The second-order valence-corrected chi connectivity index (χ2v) is 5.95. The normalized spacial score (nSPS) is 15.0. The van der Waals surface area contributed by atoms with Crippen LogP contribution >= 0.6 is 11.3 Å². The number of halogens is 3. The number of fused-ring (bicyclic) bond motifs is 1. The molecule has 2 aromatic rings. The van der Waals surface area contributed by atoms with E-state index in [0.717, 1.165) is 36.1 Å². The fourth-order valence-electron chi connectivity index (χ4n) is 2.51. The number of carbonyl (C=O) groups excluding carboxylic acids is 1. The average molecular weight is 329 g/mol. The van der Waals surface area contributed by atoms with Crippen LogP contribution in [-0.4, -0.2) is 16.2 Å². The molecule has 22 heavy (non-hydrogen) atoms. The molecule has 0 N–H and O–H groups in total. The van der Waals surface area contributed by atoms with E-state index in [-0.39, 0.29) is 10.9 Å². The maximum atomic E-state index is 12.6. The highest BCUT2D eigenvalue weighted by Crippen LogP contribution is 2.45. The molecule has 0 unspecified atom stereocenters. The minimum atomic E-state index is -4.68. The number of aromatic nitrogens is 2. The third-order valence-electron chi connectivity index (χ3n) is 3.44. The van der Waals surface area contributed by atoms with E-state index in [9.17, 15) is 18.0 Å². The zero-order valence-corrected chi connectivity index (χ0v) is 12.1. The number of aryl methyl sites for hydroxylation is 1. The first-order chi connectivity index (χ1) is 10.5. The van der Waals surface area contributed by atoms with Gasteiger partial charge >= 0.3 is 6.18 Å². The van der Waals surface area contributed by atoms with Gasteiger partial charge in [0.2, 0.25) is 6.08 Å². The van der Waals surface area contributed by atoms with Crippen LogP contribution in [0.25, 0.3) is 11.5 Å². The van der Waals surface area contributed by atoms with E-state index in [1.54, 1.807) is 0 Å². The van der Waals surface area contributed by atoms with Crippen LogP contribution in [0.3, 0.4) is 0 Å². The lowest BCUT2D eigenvalue weighted by atomic mass is 10.1. The summed E-state index contributed by atoms with van der Waals surface area (Å²) in [5, 5.41) is 3.25. The summed E-state index contributed by atoms with van der Waals surface area (Å²) in [6.45, 7) is 0. The number of thiophene rings is 1. The van der Waals surface area contributed by atoms with Crippen molar-refractivity contribution in [2.24, 2.45) is 4.99 Å². The van der Waals surface area contributed by atoms with Crippen molar-refractivity contribution in [3.63, 3.8) is 0 Å². The predicted octanol–water partition coefficient (Wildman–Crippen LogP) is 4.05. The first-order valence-corrected chi connectivity index (χ1v) is 7.46. The van der Waals surface area contributed by atoms with E-state index in [4.69, 9.17) is 4.52 Å². The molecule has 0 saturated heterocycles. The standard InChI is InChI=1S/C13H10F3N3O2S/c14-13(15,16)12-18-10(21-19-12)9-7-4-2-1-3-5-8(7)22-11(9)17-6-20/h1-5H2. The van der Waals surface area contributed by atoms with Crippen molar-refractivity contribution >= 4 is 22.4 Å². The zero-order valence-electron chi connectivity index (χ0n) is 11.2. The van der Waals surface area contributed by atoms with Crippen molar-refractivity contribution in [1.29, 1.82) is 0 Å². The molecule has 116 valence electrons. The molecular formula is C13H10F3N3O2S. The lowest BCUT2D eigenvalue weighted by Crippen LogP contribution is -2.07. The maximum Gasteiger partial charge on any atom is 0.455 e. The molecule has 5 nitrogen and oxygen atoms in total. The molecule has 1 aliphatic carbocycles. The smallest absolute Gasteiger partial charge is 0.334 e. The Morgan fingerprint density at radius 1 is 1.23 bits per heavy atom. The molecule has 2 heterocycles. The second-order valence-electron chi connectivity index (χ2n) is 4.87. The van der Waals surface area contributed by atoms with Gasteiger partial charge in [0, 0.05) is 4.88 Å². The lowest BCUT2D eigenvalue weighted by molar-refractivity contribution is -0.146. The fourth-order valence-corrected chi connectivity index (χ4v) is 3.71. The Morgan fingerprint density at radius 3 is 2.68 bits per heavy atom. The molecule has 0 amide bonds. The Hall–Kier alpha value is -1.99. The third-order valence-corrected chi connectivity index (χ3v) is 4.63. The number of alkyl halides is 3. The van der Waals surface area contributed by atoms with Crippen LogP contribution in [0, 0.1) is 0 Å². The highest BCUT2D eigenvalue weighted by molar-refractivity contribution is 7.16. The van der Waals surface area contributed by atoms with Gasteiger partial charge < -0.3 is 4.52 Å². The molecular weight excluding hydrogens is 319 g/mol. The predicted molar refractivity (Wildman–Crippen MR) is 71.7 cm³/mol. The molecule has 9 heteroatoms. The van der Waals surface area contributed by atoms with Crippen molar-refractivity contribution in [3.8, 4) is 11.5 Å². The first kappa shape index (κ1) is 14.9. The van der Waals surface area contributed by atoms with E-state index >= 15 is 0 Å². The Morgan fingerprint density at radius 2 is 2.00 bits per heavy atom. The van der Waals surface area contributed by atoms with Crippen LogP contribution in [0.1, 0.15) is 35.5 Å². The van der Waals surface area contributed by atoms with Crippen molar-refractivity contribution in [2.75, 3.05) is 0 Å². The quantitative estimate of drug-likeness (QED) is 0.473. The molecule has 2 aromatic heterocycles. The molecule has 0 radical (unpaired) electrons. The van der Waals surface area contributed by atoms with Crippen LogP contribution in [0.5, 0.6) is 0 Å². The largest absolute Gasteiger partial charge is 0.455 e. The second kappa shape index (κ2) is 5.66. The summed E-state index contributed by atoms with van der Waals surface area (Å²) in [6.07, 6.45) is 1.21. The highest BCUT2D eigenvalue weighted by atomic mass is 32.1. The van der Waals surface area contributed by atoms with Crippen LogP contribution in [-0.2, 0) is 23.8 Å². The summed E-state index contributed by atoms with van der Waals surface area (Å²) < 4.78 is 42.6. The van der Waals surface area contributed by atoms with Gasteiger partial charge in [0.25, 0.3) is 11.7 Å². The molecule has 0 aliphatic heterocycles. The number of isocyanates is 1. The van der Waals surface area contributed by atoms with E-state index < -0.39 is 12.0 Å². The summed E-state index contributed by atoms with van der Waals surface area (Å²) in [5.41, 5.74) is 1.20. The van der Waals surface area contributed by atoms with Crippen LogP contribution in [0.15, 0.2) is 9.52 Å². The van der Waals surface area contributed by atoms with Crippen LogP contribution < -0.4 is 0 Å². The van der Waals surface area contributed by atoms with Crippen molar-refractivity contribution < 1.29 is 22.5 Å². The SMILES string of the molecule is O=C=Nc1sc2c(c1-c1nc(C(F)(F)F)no1)CCCCC2. The van der Waals surface area contributed by atoms with E-state index in [1.807, 2.05) is 0 Å². The number of nitrogens with zero attached hydrogens (tertiary/aromatic N) is 3. The molecule has 0 aromatic carbocycles. The van der Waals surface area contributed by atoms with Crippen LogP contribution in [0.4, 0.5) is 18.2 Å². The maximum absolute atomic E-state index is 12.6. The Bertz CT molecular complexity index is 744. The van der Waals surface area contributed by atoms with Gasteiger partial charge in [-0.1, -0.05) is 11.6 Å². The Balaban J connectivity index is 2.14. The molecule has 0 saturated carbocycles. The first-order valence-electron chi connectivity index (χ1n) is 6.64. The summed E-state index contributed by atoms with van der Waals surface area (Å²) >= 11 is 1.27. The number of aliphatic imine (C=N–C) groups is 1. The number of hydrogen-bond acceptors (Lipinski definition) is 6. The molecule has 0 bridgehead atoms. The monoisotopic (exact) mass is 329 g/mol. The van der Waals surface area contributed by atoms with E-state index in [2.05, 4.69) is 15.1 Å². The number of rotatable bonds is 2. The molecule has 0 spiro atoms. The van der Waals surface area contributed by atoms with Gasteiger partial charge in [-0.2, -0.15) is 23.1 Å². The number of hydrogen-bond donors (Lipinski definition) is 0. The minimum absolute atomic E-state index is 0.249. The van der Waals surface area contributed by atoms with E-state index in [1.165, 1.54) is 17.4 Å². The van der Waals surface area contributed by atoms with Gasteiger partial charge in [0.1, 0.15) is 5.00 Å². The summed E-state index contributed by atoms with van der Waals surface area (Å²) in [7, 11) is 0. The molecule has 1 aliphatic rings. The topological polar surface area (TPSA) is 68.3 Å². The highest BCUT2D eigenvalue weighted by Gasteiger charge is 2.38. The zero-order chi connectivity index (χ0) is 15.7. The van der Waals surface area contributed by atoms with Crippen molar-refractivity contribution in [2.45, 2.75) is 38.3 Å². The summed E-state index contributed by atoms with van der Waals surface area (Å²) in [5.74, 6) is -1.59. The molecule has 0 fully saturated rings. The summed E-state index contributed by atoms with van der Waals surface area (Å²) in [6, 6.07) is 0. The molecule has 0 atom stereocenters.